The number of unbranched alkanes of at least 4 members (excludes halogenated alkanes) is 8. The lowest BCUT2D eigenvalue weighted by molar-refractivity contribution is -0.153. The van der Waals surface area contributed by atoms with Crippen molar-refractivity contribution in [2.75, 3.05) is 0 Å². The van der Waals surface area contributed by atoms with Gasteiger partial charge in [-0.15, -0.1) is 0 Å². The molecular weight excluding hydrogens is 320 g/mol. The number of aliphatic hydroxyl groups excluding tert-OH is 1. The van der Waals surface area contributed by atoms with Gasteiger partial charge in [-0.1, -0.05) is 52.4 Å². The van der Waals surface area contributed by atoms with E-state index >= 15 is 0 Å². The first kappa shape index (κ1) is 23.4. The summed E-state index contributed by atoms with van der Waals surface area (Å²) < 4.78 is 9.64. The Morgan fingerprint density at radius 1 is 0.840 bits per heavy atom. The van der Waals surface area contributed by atoms with E-state index in [-0.39, 0.29) is 0 Å². The van der Waals surface area contributed by atoms with Gasteiger partial charge in [-0.2, -0.15) is 0 Å². The Labute approximate surface area is 152 Å². The predicted molar refractivity (Wildman–Crippen MR) is 98.6 cm³/mol. The maximum atomic E-state index is 11.5. The van der Waals surface area contributed by atoms with Gasteiger partial charge in [-0.25, -0.2) is 4.79 Å². The number of ether oxygens (including phenoxy) is 2. The number of rotatable bonds is 15. The lowest BCUT2D eigenvalue weighted by Crippen LogP contribution is -2.25. The lowest BCUT2D eigenvalue weighted by atomic mass is 10.1. The Kier molecular flexibility index (Phi) is 16.1. The van der Waals surface area contributed by atoms with E-state index in [4.69, 9.17) is 9.47 Å². The van der Waals surface area contributed by atoms with E-state index in [9.17, 15) is 14.7 Å². The second kappa shape index (κ2) is 17.2. The highest BCUT2D eigenvalue weighted by Crippen LogP contribution is 2.05. The summed E-state index contributed by atoms with van der Waals surface area (Å²) in [5, 5.41) is 9.63. The molecule has 0 aliphatic carbocycles. The third-order valence-corrected chi connectivity index (χ3v) is 3.66. The molecule has 0 spiro atoms. The van der Waals surface area contributed by atoms with Crippen LogP contribution in [0.15, 0.2) is 24.7 Å². The molecule has 1 atom stereocenters. The van der Waals surface area contributed by atoms with Gasteiger partial charge in [0.1, 0.15) is 0 Å². The fourth-order valence-corrected chi connectivity index (χ4v) is 2.12. The highest BCUT2D eigenvalue weighted by Gasteiger charge is 2.20. The van der Waals surface area contributed by atoms with Crippen LogP contribution in [0.1, 0.15) is 84.5 Å². The smallest absolute Gasteiger partial charge is 0.340 e. The van der Waals surface area contributed by atoms with Gasteiger partial charge in [0.15, 0.2) is 6.10 Å². The number of aliphatic hydroxyl groups is 1. The van der Waals surface area contributed by atoms with Gasteiger partial charge in [-0.05, 0) is 37.8 Å². The van der Waals surface area contributed by atoms with Crippen molar-refractivity contribution in [3.8, 4) is 0 Å². The monoisotopic (exact) mass is 354 g/mol. The molecule has 0 aromatic heterocycles. The van der Waals surface area contributed by atoms with Crippen molar-refractivity contribution in [3.63, 3.8) is 0 Å². The third kappa shape index (κ3) is 15.6. The van der Waals surface area contributed by atoms with E-state index < -0.39 is 24.5 Å². The molecule has 1 N–H and O–H groups in total. The lowest BCUT2D eigenvalue weighted by Gasteiger charge is -2.06. The van der Waals surface area contributed by atoms with Crippen LogP contribution in [-0.4, -0.2) is 23.1 Å². The Hall–Kier alpha value is -1.62. The summed E-state index contributed by atoms with van der Waals surface area (Å²) in [7, 11) is 0. The van der Waals surface area contributed by atoms with E-state index in [0.717, 1.165) is 38.5 Å². The average molecular weight is 354 g/mol. The van der Waals surface area contributed by atoms with Crippen molar-refractivity contribution in [1.29, 1.82) is 0 Å². The SMILES string of the molecule is CCCCCC/C=C/OC(=O)CC(O)C(=O)O/C=C/CCCCCC. The van der Waals surface area contributed by atoms with Gasteiger partial charge in [0.05, 0.1) is 18.9 Å². The van der Waals surface area contributed by atoms with Crippen LogP contribution >= 0.6 is 0 Å². The maximum Gasteiger partial charge on any atom is 0.340 e. The van der Waals surface area contributed by atoms with Crippen LogP contribution in [0, 0.1) is 0 Å². The van der Waals surface area contributed by atoms with Crippen LogP contribution in [0.3, 0.4) is 0 Å². The van der Waals surface area contributed by atoms with Crippen LogP contribution in [0.5, 0.6) is 0 Å². The number of esters is 2. The molecule has 0 aliphatic heterocycles. The Morgan fingerprint density at radius 3 is 1.88 bits per heavy atom. The summed E-state index contributed by atoms with van der Waals surface area (Å²) in [4.78, 5) is 23.1. The van der Waals surface area contributed by atoms with E-state index in [1.807, 2.05) is 0 Å². The summed E-state index contributed by atoms with van der Waals surface area (Å²) in [5.74, 6) is -1.50. The Morgan fingerprint density at radius 2 is 1.36 bits per heavy atom. The molecule has 0 saturated heterocycles. The van der Waals surface area contributed by atoms with Crippen LogP contribution in [0.2, 0.25) is 0 Å². The topological polar surface area (TPSA) is 72.8 Å². The van der Waals surface area contributed by atoms with E-state index in [0.29, 0.717) is 0 Å². The average Bonchev–Trinajstić information content (AvgIpc) is 2.59. The van der Waals surface area contributed by atoms with Crippen LogP contribution in [-0.2, 0) is 19.1 Å². The summed E-state index contributed by atoms with van der Waals surface area (Å²) >= 11 is 0. The normalized spacial score (nSPS) is 12.6. The molecule has 0 aromatic carbocycles. The van der Waals surface area contributed by atoms with Gasteiger partial charge < -0.3 is 14.6 Å². The molecule has 5 heteroatoms. The zero-order valence-electron chi connectivity index (χ0n) is 15.7. The van der Waals surface area contributed by atoms with Gasteiger partial charge >= 0.3 is 11.9 Å². The van der Waals surface area contributed by atoms with E-state index in [1.54, 1.807) is 12.2 Å². The molecule has 0 aromatic rings. The zero-order chi connectivity index (χ0) is 18.8. The number of allylic oxidation sites excluding steroid dienone is 2. The fraction of sp³-hybridized carbons (Fsp3) is 0.700. The highest BCUT2D eigenvalue weighted by atomic mass is 16.5. The van der Waals surface area contributed by atoms with Gasteiger partial charge in [-0.3, -0.25) is 4.79 Å². The number of hydrogen-bond acceptors (Lipinski definition) is 5. The van der Waals surface area contributed by atoms with Crippen molar-refractivity contribution in [3.05, 3.63) is 24.7 Å². The van der Waals surface area contributed by atoms with Crippen molar-refractivity contribution in [1.82, 2.24) is 0 Å². The summed E-state index contributed by atoms with van der Waals surface area (Å²) in [5.41, 5.74) is 0. The first-order chi connectivity index (χ1) is 12.1. The molecule has 0 bridgehead atoms. The first-order valence-corrected chi connectivity index (χ1v) is 9.49. The minimum absolute atomic E-state index is 0.413. The number of hydrogen-bond donors (Lipinski definition) is 1. The fourth-order valence-electron chi connectivity index (χ4n) is 2.12. The van der Waals surface area contributed by atoms with Crippen molar-refractivity contribution < 1.29 is 24.2 Å². The van der Waals surface area contributed by atoms with Crippen LogP contribution in [0.4, 0.5) is 0 Å². The zero-order valence-corrected chi connectivity index (χ0v) is 15.7. The molecule has 0 fully saturated rings. The molecule has 0 rings (SSSR count). The van der Waals surface area contributed by atoms with Crippen molar-refractivity contribution in [2.24, 2.45) is 0 Å². The maximum absolute atomic E-state index is 11.5. The van der Waals surface area contributed by atoms with E-state index in [1.165, 1.54) is 38.2 Å². The first-order valence-electron chi connectivity index (χ1n) is 9.49. The van der Waals surface area contributed by atoms with Crippen LogP contribution in [0.25, 0.3) is 0 Å². The summed E-state index contributed by atoms with van der Waals surface area (Å²) in [6, 6.07) is 0. The molecule has 0 radical (unpaired) electrons. The Balaban J connectivity index is 3.78. The molecule has 0 amide bonds. The van der Waals surface area contributed by atoms with Crippen LogP contribution < -0.4 is 0 Å². The minimum Gasteiger partial charge on any atom is -0.435 e. The Bertz CT molecular complexity index is 401. The number of carbonyl (C=O) groups excluding carboxylic acids is 2. The van der Waals surface area contributed by atoms with Crippen molar-refractivity contribution >= 4 is 11.9 Å². The summed E-state index contributed by atoms with van der Waals surface area (Å²) in [6.07, 6.45) is 15.0. The second-order valence-electron chi connectivity index (χ2n) is 6.09. The largest absolute Gasteiger partial charge is 0.435 e. The molecule has 144 valence electrons. The summed E-state index contributed by atoms with van der Waals surface area (Å²) in [6.45, 7) is 4.30. The molecular formula is C20H34O5. The van der Waals surface area contributed by atoms with Gasteiger partial charge in [0.25, 0.3) is 0 Å². The number of carbonyl (C=O) groups is 2. The molecule has 0 aliphatic rings. The molecule has 0 heterocycles. The molecule has 5 nitrogen and oxygen atoms in total. The standard InChI is InChI=1S/C20H34O5/c1-3-5-7-9-11-13-15-24-19(22)17-18(21)20(23)25-16-14-12-10-8-6-4-2/h13-16,18,21H,3-12,17H2,1-2H3/b15-13+,16-14+. The third-order valence-electron chi connectivity index (χ3n) is 3.66. The quantitative estimate of drug-likeness (QED) is 0.260. The predicted octanol–water partition coefficient (Wildman–Crippen LogP) is 4.79. The minimum atomic E-state index is -1.50. The van der Waals surface area contributed by atoms with E-state index in [2.05, 4.69) is 13.8 Å². The molecule has 25 heavy (non-hydrogen) atoms. The highest BCUT2D eigenvalue weighted by molar-refractivity contribution is 5.82. The molecule has 0 saturated carbocycles. The second-order valence-corrected chi connectivity index (χ2v) is 6.09. The van der Waals surface area contributed by atoms with Gasteiger partial charge in [0.2, 0.25) is 0 Å². The van der Waals surface area contributed by atoms with Crippen molar-refractivity contribution in [2.45, 2.75) is 90.6 Å². The molecule has 1 unspecified atom stereocenters. The van der Waals surface area contributed by atoms with Gasteiger partial charge in [0, 0.05) is 0 Å².